The zero-order valence-corrected chi connectivity index (χ0v) is 10.5. The molecule has 2 heterocycles. The average Bonchev–Trinajstić information content (AvgIpc) is 2.32. The Morgan fingerprint density at radius 1 is 1.13 bits per heavy atom. The van der Waals surface area contributed by atoms with Gasteiger partial charge in [0.25, 0.3) is 0 Å². The second-order valence-electron chi connectivity index (χ2n) is 4.77. The molecule has 0 bridgehead atoms. The highest BCUT2D eigenvalue weighted by atomic mass is 32.2. The molecule has 2 fully saturated rings. The van der Waals surface area contributed by atoms with E-state index in [0.29, 0.717) is 0 Å². The van der Waals surface area contributed by atoms with Gasteiger partial charge in [0.1, 0.15) is 0 Å². The first-order chi connectivity index (χ1) is 7.45. The van der Waals surface area contributed by atoms with Crippen molar-refractivity contribution in [3.63, 3.8) is 0 Å². The maximum Gasteiger partial charge on any atom is 0.0159 e. The van der Waals surface area contributed by atoms with Gasteiger partial charge in [0.15, 0.2) is 0 Å². The van der Waals surface area contributed by atoms with Crippen molar-refractivity contribution in [3.8, 4) is 0 Å². The van der Waals surface area contributed by atoms with Crippen LogP contribution in [0.15, 0.2) is 0 Å². The number of hydrogen-bond acceptors (Lipinski definition) is 3. The number of piperidine rings is 1. The minimum absolute atomic E-state index is 0.800. The number of thioether (sulfide) groups is 1. The number of hydrogen-bond donors (Lipinski definition) is 1. The smallest absolute Gasteiger partial charge is 0.0159 e. The van der Waals surface area contributed by atoms with Crippen LogP contribution in [-0.2, 0) is 0 Å². The Labute approximate surface area is 98.2 Å². The van der Waals surface area contributed by atoms with Gasteiger partial charge in [-0.05, 0) is 44.5 Å². The summed E-state index contributed by atoms with van der Waals surface area (Å²) in [6, 6.07) is 0.800. The van der Waals surface area contributed by atoms with Crippen LogP contribution >= 0.6 is 11.8 Å². The summed E-state index contributed by atoms with van der Waals surface area (Å²) in [5.74, 6) is 2.71. The summed E-state index contributed by atoms with van der Waals surface area (Å²) < 4.78 is 0. The molecule has 3 heteroatoms. The predicted octanol–water partition coefficient (Wildman–Crippen LogP) is 1.96. The summed E-state index contributed by atoms with van der Waals surface area (Å²) in [5.41, 5.74) is 0. The second kappa shape index (κ2) is 6.77. The van der Waals surface area contributed by atoms with Gasteiger partial charge >= 0.3 is 0 Å². The molecular weight excluding hydrogens is 204 g/mol. The molecule has 0 aliphatic carbocycles. The van der Waals surface area contributed by atoms with Crippen LogP contribution in [0.2, 0.25) is 0 Å². The monoisotopic (exact) mass is 228 g/mol. The summed E-state index contributed by atoms with van der Waals surface area (Å²) in [6.45, 7) is 5.13. The van der Waals surface area contributed by atoms with Gasteiger partial charge in [0.2, 0.25) is 0 Å². The molecule has 0 aromatic heterocycles. The molecule has 2 saturated heterocycles. The molecule has 1 atom stereocenters. The Hall–Kier alpha value is 0.270. The molecule has 0 radical (unpaired) electrons. The van der Waals surface area contributed by atoms with Crippen LogP contribution < -0.4 is 5.32 Å². The maximum absolute atomic E-state index is 3.71. The fourth-order valence-electron chi connectivity index (χ4n) is 2.51. The molecule has 2 nitrogen and oxygen atoms in total. The minimum Gasteiger partial charge on any atom is -0.312 e. The van der Waals surface area contributed by atoms with Crippen molar-refractivity contribution in [1.82, 2.24) is 10.2 Å². The van der Waals surface area contributed by atoms with E-state index in [1.165, 1.54) is 69.8 Å². The molecule has 0 amide bonds. The zero-order valence-electron chi connectivity index (χ0n) is 9.71. The minimum atomic E-state index is 0.800. The average molecular weight is 228 g/mol. The van der Waals surface area contributed by atoms with Gasteiger partial charge in [-0.25, -0.2) is 0 Å². The van der Waals surface area contributed by atoms with E-state index < -0.39 is 0 Å². The van der Waals surface area contributed by atoms with Crippen LogP contribution in [0.5, 0.6) is 0 Å². The number of nitrogens with zero attached hydrogens (tertiary/aromatic N) is 1. The van der Waals surface area contributed by atoms with E-state index in [-0.39, 0.29) is 0 Å². The normalized spacial score (nSPS) is 29.2. The Bertz CT molecular complexity index is 145. The van der Waals surface area contributed by atoms with E-state index >= 15 is 0 Å². The molecule has 0 aromatic rings. The van der Waals surface area contributed by atoms with E-state index in [2.05, 4.69) is 22.0 Å². The van der Waals surface area contributed by atoms with Gasteiger partial charge < -0.3 is 10.2 Å². The lowest BCUT2D eigenvalue weighted by Gasteiger charge is -2.28. The number of likely N-dealkylation sites (tertiary alicyclic amines) is 1. The van der Waals surface area contributed by atoms with Crippen molar-refractivity contribution >= 4 is 11.8 Å². The third-order valence-electron chi connectivity index (χ3n) is 3.47. The Balaban J connectivity index is 1.53. The van der Waals surface area contributed by atoms with Gasteiger partial charge in [0, 0.05) is 24.9 Å². The zero-order chi connectivity index (χ0) is 10.3. The summed E-state index contributed by atoms with van der Waals surface area (Å²) in [5, 5.41) is 3.71. The van der Waals surface area contributed by atoms with Crippen molar-refractivity contribution in [3.05, 3.63) is 0 Å². The molecular formula is C12H24N2S. The molecule has 88 valence electrons. The van der Waals surface area contributed by atoms with Gasteiger partial charge in [-0.15, -0.1) is 0 Å². The lowest BCUT2D eigenvalue weighted by Crippen LogP contribution is -2.41. The fourth-order valence-corrected chi connectivity index (χ4v) is 3.62. The standard InChI is InChI=1S/C12H24N2S/c1-2-7-14(8-3-1)9-6-13-12-5-4-10-15-11-12/h12-13H,1-11H2. The molecule has 2 aliphatic rings. The first kappa shape index (κ1) is 11.7. The SMILES string of the molecule is C1CCN(CCNC2CCCSC2)CC1. The summed E-state index contributed by atoms with van der Waals surface area (Å²) in [7, 11) is 0. The van der Waals surface area contributed by atoms with Crippen LogP contribution in [0.25, 0.3) is 0 Å². The topological polar surface area (TPSA) is 15.3 Å². The van der Waals surface area contributed by atoms with Crippen molar-refractivity contribution in [2.24, 2.45) is 0 Å². The lowest BCUT2D eigenvalue weighted by atomic mass is 10.1. The van der Waals surface area contributed by atoms with Crippen LogP contribution in [-0.4, -0.2) is 48.6 Å². The van der Waals surface area contributed by atoms with Gasteiger partial charge in [-0.1, -0.05) is 6.42 Å². The van der Waals surface area contributed by atoms with Crippen LogP contribution in [0, 0.1) is 0 Å². The van der Waals surface area contributed by atoms with E-state index in [1.54, 1.807) is 0 Å². The number of rotatable bonds is 4. The molecule has 2 aliphatic heterocycles. The number of nitrogens with one attached hydrogen (secondary N) is 1. The summed E-state index contributed by atoms with van der Waals surface area (Å²) in [6.07, 6.45) is 7.08. The van der Waals surface area contributed by atoms with Crippen molar-refractivity contribution in [1.29, 1.82) is 0 Å². The second-order valence-corrected chi connectivity index (χ2v) is 5.92. The Morgan fingerprint density at radius 2 is 2.00 bits per heavy atom. The van der Waals surface area contributed by atoms with Crippen LogP contribution in [0.4, 0.5) is 0 Å². The fraction of sp³-hybridized carbons (Fsp3) is 1.00. The quantitative estimate of drug-likeness (QED) is 0.792. The van der Waals surface area contributed by atoms with Gasteiger partial charge in [-0.2, -0.15) is 11.8 Å². The van der Waals surface area contributed by atoms with Crippen molar-refractivity contribution in [2.45, 2.75) is 38.1 Å². The van der Waals surface area contributed by atoms with Gasteiger partial charge in [-0.3, -0.25) is 0 Å². The summed E-state index contributed by atoms with van der Waals surface area (Å²) in [4.78, 5) is 2.62. The molecule has 2 rings (SSSR count). The van der Waals surface area contributed by atoms with Gasteiger partial charge in [0.05, 0.1) is 0 Å². The molecule has 0 aromatic carbocycles. The third-order valence-corrected chi connectivity index (χ3v) is 4.69. The highest BCUT2D eigenvalue weighted by Gasteiger charge is 2.14. The largest absolute Gasteiger partial charge is 0.312 e. The Morgan fingerprint density at radius 3 is 2.73 bits per heavy atom. The molecule has 1 N–H and O–H groups in total. The molecule has 0 spiro atoms. The van der Waals surface area contributed by atoms with Crippen molar-refractivity contribution in [2.75, 3.05) is 37.7 Å². The van der Waals surface area contributed by atoms with Crippen molar-refractivity contribution < 1.29 is 0 Å². The maximum atomic E-state index is 3.71. The highest BCUT2D eigenvalue weighted by molar-refractivity contribution is 7.99. The van der Waals surface area contributed by atoms with E-state index in [9.17, 15) is 0 Å². The van der Waals surface area contributed by atoms with Crippen LogP contribution in [0.3, 0.4) is 0 Å². The van der Waals surface area contributed by atoms with E-state index in [0.717, 1.165) is 6.04 Å². The third kappa shape index (κ3) is 4.33. The predicted molar refractivity (Wildman–Crippen MR) is 68.6 cm³/mol. The molecule has 15 heavy (non-hydrogen) atoms. The summed E-state index contributed by atoms with van der Waals surface area (Å²) >= 11 is 2.11. The first-order valence-electron chi connectivity index (χ1n) is 6.48. The first-order valence-corrected chi connectivity index (χ1v) is 7.64. The Kier molecular flexibility index (Phi) is 5.30. The van der Waals surface area contributed by atoms with E-state index in [4.69, 9.17) is 0 Å². The van der Waals surface area contributed by atoms with Crippen LogP contribution in [0.1, 0.15) is 32.1 Å². The van der Waals surface area contributed by atoms with E-state index in [1.807, 2.05) is 0 Å². The lowest BCUT2D eigenvalue weighted by molar-refractivity contribution is 0.226. The highest BCUT2D eigenvalue weighted by Crippen LogP contribution is 2.16. The molecule has 0 saturated carbocycles. The molecule has 1 unspecified atom stereocenters.